The average molecular weight is 775 g/mol. The van der Waals surface area contributed by atoms with E-state index in [9.17, 15) is 24.3 Å². The molecule has 0 bridgehead atoms. The molecule has 0 aliphatic heterocycles. The number of nitrogens with one attached hydrogen (secondary N) is 2. The number of imidazole rings is 2. The van der Waals surface area contributed by atoms with Crippen LogP contribution in [0, 0.1) is 13.8 Å². The highest BCUT2D eigenvalue weighted by Gasteiger charge is 2.23. The number of ether oxygens (including phenoxy) is 1. The van der Waals surface area contributed by atoms with Gasteiger partial charge in [0.1, 0.15) is 28.2 Å². The minimum atomic E-state index is -0.710. The number of amides is 4. The van der Waals surface area contributed by atoms with Gasteiger partial charge in [0.2, 0.25) is 23.7 Å². The van der Waals surface area contributed by atoms with Gasteiger partial charge in [0.05, 0.1) is 29.6 Å². The van der Waals surface area contributed by atoms with Gasteiger partial charge in [-0.3, -0.25) is 39.1 Å². The predicted octanol–water partition coefficient (Wildman–Crippen LogP) is 2.38. The molecule has 292 valence electrons. The lowest BCUT2D eigenvalue weighted by Gasteiger charge is -2.13. The Morgan fingerprint density at radius 3 is 2.23 bits per heavy atom. The molecular weight excluding hydrogens is 736 g/mol. The number of hydrogen-bond acceptors (Lipinski definition) is 12. The quantitative estimate of drug-likeness (QED) is 0.0742. The SMILES string of the molecule is CCn1nc(C)cc1C(=O)Nc1nc2cc(C(N)=O)cnc2n1C/C=C/Cn1c(NC(=O)c2cc(C)nc3ccnn23)nc2cc(C(N)=O)cc(OCCCO)c21. The van der Waals surface area contributed by atoms with Crippen molar-refractivity contribution in [3.63, 3.8) is 0 Å². The zero-order valence-corrected chi connectivity index (χ0v) is 31.1. The highest BCUT2D eigenvalue weighted by molar-refractivity contribution is 6.05. The van der Waals surface area contributed by atoms with E-state index in [0.29, 0.717) is 57.9 Å². The Balaban J connectivity index is 1.26. The topological polar surface area (TPSA) is 270 Å². The van der Waals surface area contributed by atoms with Gasteiger partial charge in [-0.1, -0.05) is 12.2 Å². The third kappa shape index (κ3) is 7.60. The molecule has 0 aliphatic rings. The maximum atomic E-state index is 13.8. The number of aliphatic hydroxyl groups is 1. The standard InChI is InChI=1S/C37H38N14O6/c1-4-50-26(15-21(3)47-50)34(55)45-37-44-25-17-23(32(39)54)19-40-33(25)49(37)11-6-5-10-48-30-24(16-22(31(38)53)18-28(30)57-13-7-12-52)43-36(48)46-35(56)27-14-20(2)42-29-8-9-41-51(27)29/h5-6,8-9,14-19,52H,4,7,10-13H2,1-3H3,(H2,38,53)(H2,39,54)(H,43,46,56)(H,44,45,55)/b6-5+. The van der Waals surface area contributed by atoms with Crippen LogP contribution in [0.2, 0.25) is 0 Å². The van der Waals surface area contributed by atoms with E-state index >= 15 is 0 Å². The lowest BCUT2D eigenvalue weighted by Crippen LogP contribution is -2.20. The normalized spacial score (nSPS) is 11.6. The first-order valence-electron chi connectivity index (χ1n) is 17.8. The largest absolute Gasteiger partial charge is 0.491 e. The molecule has 4 amide bonds. The lowest BCUT2D eigenvalue weighted by molar-refractivity contribution is 0.0991. The van der Waals surface area contributed by atoms with Gasteiger partial charge in [0.25, 0.3) is 11.8 Å². The van der Waals surface area contributed by atoms with Gasteiger partial charge in [-0.2, -0.15) is 10.2 Å². The molecule has 6 aromatic heterocycles. The number of benzene rings is 1. The van der Waals surface area contributed by atoms with Crippen LogP contribution < -0.4 is 26.8 Å². The van der Waals surface area contributed by atoms with Crippen LogP contribution in [0.1, 0.15) is 66.4 Å². The number of hydrogen-bond donors (Lipinski definition) is 5. The van der Waals surface area contributed by atoms with Crippen molar-refractivity contribution >= 4 is 63.4 Å². The van der Waals surface area contributed by atoms with E-state index in [1.807, 2.05) is 6.92 Å². The molecule has 0 saturated heterocycles. The van der Waals surface area contributed by atoms with E-state index in [-0.39, 0.29) is 60.8 Å². The van der Waals surface area contributed by atoms with Gasteiger partial charge in [0.15, 0.2) is 11.3 Å². The number of carbonyl (C=O) groups excluding carboxylic acids is 4. The van der Waals surface area contributed by atoms with Crippen molar-refractivity contribution in [2.75, 3.05) is 23.8 Å². The second-order valence-corrected chi connectivity index (χ2v) is 12.9. The van der Waals surface area contributed by atoms with Crippen molar-refractivity contribution in [2.24, 2.45) is 11.5 Å². The van der Waals surface area contributed by atoms with Crippen molar-refractivity contribution in [2.45, 2.75) is 46.8 Å². The summed E-state index contributed by atoms with van der Waals surface area (Å²) in [7, 11) is 0. The highest BCUT2D eigenvalue weighted by Crippen LogP contribution is 2.32. The van der Waals surface area contributed by atoms with Gasteiger partial charge in [0, 0.05) is 56.2 Å². The Bertz CT molecular complexity index is 2740. The number of aliphatic hydroxyl groups excluding tert-OH is 1. The fraction of sp³-hybridized carbons (Fsp3) is 0.243. The molecule has 0 fully saturated rings. The van der Waals surface area contributed by atoms with Gasteiger partial charge >= 0.3 is 0 Å². The number of nitrogens with zero attached hydrogens (tertiary/aromatic N) is 10. The maximum Gasteiger partial charge on any atom is 0.276 e. The second kappa shape index (κ2) is 15.7. The molecule has 0 saturated carbocycles. The van der Waals surface area contributed by atoms with Crippen LogP contribution in [-0.2, 0) is 19.6 Å². The summed E-state index contributed by atoms with van der Waals surface area (Å²) < 4.78 is 12.4. The van der Waals surface area contributed by atoms with E-state index in [1.165, 1.54) is 35.1 Å². The minimum Gasteiger partial charge on any atom is -0.491 e. The molecule has 20 heteroatoms. The summed E-state index contributed by atoms with van der Waals surface area (Å²) in [5, 5.41) is 23.8. The minimum absolute atomic E-state index is 0.118. The zero-order chi connectivity index (χ0) is 40.4. The third-order valence-electron chi connectivity index (χ3n) is 8.87. The van der Waals surface area contributed by atoms with Crippen molar-refractivity contribution in [1.29, 1.82) is 0 Å². The summed E-state index contributed by atoms with van der Waals surface area (Å²) in [6.45, 7) is 6.16. The summed E-state index contributed by atoms with van der Waals surface area (Å²) in [6.07, 6.45) is 6.77. The van der Waals surface area contributed by atoms with Crippen molar-refractivity contribution in [1.82, 2.24) is 48.5 Å². The fourth-order valence-corrected chi connectivity index (χ4v) is 6.28. The molecule has 0 spiro atoms. The molecule has 7 N–H and O–H groups in total. The number of allylic oxidation sites excluding steroid dienone is 2. The smallest absolute Gasteiger partial charge is 0.276 e. The first-order chi connectivity index (χ1) is 27.4. The number of carbonyl (C=O) groups is 4. The maximum absolute atomic E-state index is 13.8. The van der Waals surface area contributed by atoms with Crippen LogP contribution in [0.4, 0.5) is 11.9 Å². The Labute approximate surface area is 323 Å². The molecule has 7 rings (SSSR count). The average Bonchev–Trinajstić information content (AvgIpc) is 3.96. The van der Waals surface area contributed by atoms with Gasteiger partial charge in [-0.05, 0) is 51.1 Å². The molecule has 20 nitrogen and oxygen atoms in total. The van der Waals surface area contributed by atoms with Gasteiger partial charge in [-0.25, -0.2) is 24.5 Å². The van der Waals surface area contributed by atoms with E-state index in [1.54, 1.807) is 58.0 Å². The van der Waals surface area contributed by atoms with Gasteiger partial charge < -0.3 is 25.9 Å². The summed E-state index contributed by atoms with van der Waals surface area (Å²) in [5.41, 5.74) is 15.2. The van der Waals surface area contributed by atoms with Gasteiger partial charge in [-0.15, -0.1) is 0 Å². The second-order valence-electron chi connectivity index (χ2n) is 12.9. The van der Waals surface area contributed by atoms with Crippen molar-refractivity contribution < 1.29 is 29.0 Å². The Morgan fingerprint density at radius 2 is 1.51 bits per heavy atom. The highest BCUT2D eigenvalue weighted by atomic mass is 16.5. The summed E-state index contributed by atoms with van der Waals surface area (Å²) >= 11 is 0. The van der Waals surface area contributed by atoms with Crippen LogP contribution in [0.25, 0.3) is 27.8 Å². The number of primary amides is 2. The zero-order valence-electron chi connectivity index (χ0n) is 31.1. The van der Waals surface area contributed by atoms with Crippen molar-refractivity contribution in [3.05, 3.63) is 94.8 Å². The summed E-state index contributed by atoms with van der Waals surface area (Å²) in [5.74, 6) is -1.83. The molecule has 7 aromatic rings. The first-order valence-corrected chi connectivity index (χ1v) is 17.8. The fourth-order valence-electron chi connectivity index (χ4n) is 6.28. The lowest BCUT2D eigenvalue weighted by atomic mass is 10.1. The van der Waals surface area contributed by atoms with Crippen LogP contribution in [-0.4, -0.2) is 90.4 Å². The number of pyridine rings is 1. The van der Waals surface area contributed by atoms with E-state index in [2.05, 4.69) is 40.8 Å². The van der Waals surface area contributed by atoms with E-state index in [4.69, 9.17) is 16.2 Å². The van der Waals surface area contributed by atoms with Crippen LogP contribution >= 0.6 is 0 Å². The molecule has 0 unspecified atom stereocenters. The molecule has 0 atom stereocenters. The summed E-state index contributed by atoms with van der Waals surface area (Å²) in [6, 6.07) is 9.42. The van der Waals surface area contributed by atoms with E-state index < -0.39 is 23.6 Å². The van der Waals surface area contributed by atoms with Crippen molar-refractivity contribution in [3.8, 4) is 5.75 Å². The molecule has 1 aromatic carbocycles. The Hall–Kier alpha value is -7.48. The Morgan fingerprint density at radius 1 is 0.842 bits per heavy atom. The summed E-state index contributed by atoms with van der Waals surface area (Å²) in [4.78, 5) is 69.7. The van der Waals surface area contributed by atoms with Crippen LogP contribution in [0.3, 0.4) is 0 Å². The molecule has 57 heavy (non-hydrogen) atoms. The number of rotatable bonds is 15. The number of fused-ring (bicyclic) bond motifs is 3. The molecule has 6 heterocycles. The number of aromatic nitrogens is 10. The van der Waals surface area contributed by atoms with Crippen LogP contribution in [0.15, 0.2) is 60.9 Å². The Kier molecular flexibility index (Phi) is 10.4. The molecule has 0 radical (unpaired) electrons. The third-order valence-corrected chi connectivity index (χ3v) is 8.87. The number of anilines is 2. The predicted molar refractivity (Wildman–Crippen MR) is 207 cm³/mol. The molecular formula is C37H38N14O6. The number of nitrogens with two attached hydrogens (primary N) is 2. The molecule has 0 aliphatic carbocycles. The monoisotopic (exact) mass is 774 g/mol. The number of aryl methyl sites for hydroxylation is 3. The van der Waals surface area contributed by atoms with Crippen LogP contribution in [0.5, 0.6) is 5.75 Å². The first kappa shape index (κ1) is 37.8. The van der Waals surface area contributed by atoms with E-state index in [0.717, 1.165) is 0 Å².